The molecule has 1 aromatic rings. The van der Waals surface area contributed by atoms with Crippen molar-refractivity contribution in [2.45, 2.75) is 30.2 Å². The number of benzene rings is 1. The molecule has 1 atom stereocenters. The molecule has 3 aliphatic heterocycles. The average molecular weight is 399 g/mol. The Bertz CT molecular complexity index is 727. The molecule has 8 heteroatoms. The van der Waals surface area contributed by atoms with Gasteiger partial charge < -0.3 is 9.47 Å². The Morgan fingerprint density at radius 1 is 1.12 bits per heavy atom. The van der Waals surface area contributed by atoms with E-state index in [9.17, 15) is 8.42 Å². The molecule has 0 unspecified atom stereocenters. The molecule has 4 rings (SSSR count). The lowest BCUT2D eigenvalue weighted by molar-refractivity contribution is 0.145. The van der Waals surface area contributed by atoms with E-state index < -0.39 is 10.0 Å². The van der Waals surface area contributed by atoms with E-state index in [0.29, 0.717) is 37.2 Å². The summed E-state index contributed by atoms with van der Waals surface area (Å²) in [6.45, 7) is 3.62. The van der Waals surface area contributed by atoms with Crippen LogP contribution < -0.4 is 14.2 Å². The Hall–Kier alpha value is -0.960. The summed E-state index contributed by atoms with van der Waals surface area (Å²) in [6.07, 6.45) is 3.42. The van der Waals surface area contributed by atoms with Crippen LogP contribution in [0.1, 0.15) is 19.3 Å². The summed E-state index contributed by atoms with van der Waals surface area (Å²) in [5.74, 6) is 4.04. The monoisotopic (exact) mass is 398 g/mol. The van der Waals surface area contributed by atoms with Gasteiger partial charge in [0.25, 0.3) is 0 Å². The molecule has 144 valence electrons. The molecule has 2 saturated heterocycles. The molecule has 0 aliphatic carbocycles. The first-order valence-corrected chi connectivity index (χ1v) is 12.0. The van der Waals surface area contributed by atoms with Gasteiger partial charge in [-0.05, 0) is 56.2 Å². The smallest absolute Gasteiger partial charge is 0.240 e. The number of nitrogens with one attached hydrogen (secondary N) is 1. The fourth-order valence-corrected chi connectivity index (χ4v) is 6.22. The molecule has 0 saturated carbocycles. The average Bonchev–Trinajstić information content (AvgIpc) is 3.21. The number of ether oxygens (including phenoxy) is 2. The third kappa shape index (κ3) is 4.13. The lowest BCUT2D eigenvalue weighted by Crippen LogP contribution is -2.43. The SMILES string of the molecule is O=S(=O)(NCC1CCN([C@H]2CCSC2)CC1)c1ccc2c(c1)OCCO2. The van der Waals surface area contributed by atoms with Crippen LogP contribution in [0, 0.1) is 5.92 Å². The van der Waals surface area contributed by atoms with Gasteiger partial charge in [-0.25, -0.2) is 13.1 Å². The van der Waals surface area contributed by atoms with Crippen molar-refractivity contribution in [2.75, 3.05) is 44.4 Å². The molecule has 1 N–H and O–H groups in total. The van der Waals surface area contributed by atoms with Crippen molar-refractivity contribution < 1.29 is 17.9 Å². The summed E-state index contributed by atoms with van der Waals surface area (Å²) in [6, 6.07) is 5.53. The zero-order valence-electron chi connectivity index (χ0n) is 14.9. The number of likely N-dealkylation sites (tertiary alicyclic amines) is 1. The van der Waals surface area contributed by atoms with Gasteiger partial charge in [0.15, 0.2) is 11.5 Å². The van der Waals surface area contributed by atoms with Gasteiger partial charge in [-0.2, -0.15) is 11.8 Å². The van der Waals surface area contributed by atoms with Crippen molar-refractivity contribution in [2.24, 2.45) is 5.92 Å². The molecular weight excluding hydrogens is 372 g/mol. The van der Waals surface area contributed by atoms with Crippen LogP contribution in [0.4, 0.5) is 0 Å². The zero-order chi connectivity index (χ0) is 18.0. The molecule has 0 bridgehead atoms. The minimum atomic E-state index is -3.52. The maximum atomic E-state index is 12.6. The number of rotatable bonds is 5. The van der Waals surface area contributed by atoms with E-state index in [-0.39, 0.29) is 4.90 Å². The molecule has 0 spiro atoms. The third-order valence-corrected chi connectivity index (χ3v) is 8.02. The third-order valence-electron chi connectivity index (χ3n) is 5.46. The maximum Gasteiger partial charge on any atom is 0.240 e. The molecule has 0 amide bonds. The highest BCUT2D eigenvalue weighted by Gasteiger charge is 2.28. The quantitative estimate of drug-likeness (QED) is 0.818. The van der Waals surface area contributed by atoms with Gasteiger partial charge in [-0.3, -0.25) is 4.90 Å². The largest absolute Gasteiger partial charge is 0.486 e. The van der Waals surface area contributed by atoms with Crippen molar-refractivity contribution >= 4 is 21.8 Å². The van der Waals surface area contributed by atoms with Crippen LogP contribution in [0.25, 0.3) is 0 Å². The van der Waals surface area contributed by atoms with Crippen molar-refractivity contribution in [1.82, 2.24) is 9.62 Å². The molecule has 0 aromatic heterocycles. The molecule has 3 aliphatic rings. The Labute approximate surface area is 159 Å². The highest BCUT2D eigenvalue weighted by Crippen LogP contribution is 2.32. The lowest BCUT2D eigenvalue weighted by atomic mass is 9.96. The van der Waals surface area contributed by atoms with E-state index in [2.05, 4.69) is 9.62 Å². The van der Waals surface area contributed by atoms with Gasteiger partial charge in [0, 0.05) is 24.4 Å². The van der Waals surface area contributed by atoms with Gasteiger partial charge in [0.2, 0.25) is 10.0 Å². The van der Waals surface area contributed by atoms with Crippen LogP contribution in [0.3, 0.4) is 0 Å². The first-order chi connectivity index (χ1) is 12.6. The molecule has 0 radical (unpaired) electrons. The fraction of sp³-hybridized carbons (Fsp3) is 0.667. The van der Waals surface area contributed by atoms with E-state index in [1.165, 1.54) is 17.9 Å². The summed E-state index contributed by atoms with van der Waals surface area (Å²) in [4.78, 5) is 2.83. The first kappa shape index (κ1) is 18.4. The Balaban J connectivity index is 1.31. The number of piperidine rings is 1. The summed E-state index contributed by atoms with van der Waals surface area (Å²) < 4.78 is 39.0. The zero-order valence-corrected chi connectivity index (χ0v) is 16.5. The highest BCUT2D eigenvalue weighted by molar-refractivity contribution is 7.99. The molecule has 2 fully saturated rings. The standard InChI is InChI=1S/C18H26N2O4S2/c21-26(22,16-1-2-17-18(11-16)24-9-8-23-17)19-12-14-3-6-20(7-4-14)15-5-10-25-13-15/h1-2,11,14-15,19H,3-10,12-13H2/t15-/m0/s1. The van der Waals surface area contributed by atoms with Gasteiger partial charge in [-0.15, -0.1) is 0 Å². The van der Waals surface area contributed by atoms with E-state index in [1.807, 2.05) is 11.8 Å². The second-order valence-corrected chi connectivity index (χ2v) is 10.1. The highest BCUT2D eigenvalue weighted by atomic mass is 32.2. The van der Waals surface area contributed by atoms with Crippen LogP contribution in [-0.4, -0.2) is 63.7 Å². The Kier molecular flexibility index (Phi) is 5.63. The van der Waals surface area contributed by atoms with Crippen LogP contribution in [0.15, 0.2) is 23.1 Å². The van der Waals surface area contributed by atoms with Crippen molar-refractivity contribution in [1.29, 1.82) is 0 Å². The summed E-state index contributed by atoms with van der Waals surface area (Å²) >= 11 is 2.05. The van der Waals surface area contributed by atoms with Crippen molar-refractivity contribution in [3.05, 3.63) is 18.2 Å². The molecule has 6 nitrogen and oxygen atoms in total. The number of sulfonamides is 1. The predicted molar refractivity (Wildman–Crippen MR) is 103 cm³/mol. The minimum Gasteiger partial charge on any atom is -0.486 e. The van der Waals surface area contributed by atoms with Gasteiger partial charge in [-0.1, -0.05) is 0 Å². The second kappa shape index (κ2) is 7.96. The molecule has 1 aromatic carbocycles. The topological polar surface area (TPSA) is 67.9 Å². The Morgan fingerprint density at radius 3 is 2.62 bits per heavy atom. The number of nitrogens with zero attached hydrogens (tertiary/aromatic N) is 1. The van der Waals surface area contributed by atoms with E-state index >= 15 is 0 Å². The molecular formula is C18H26N2O4S2. The van der Waals surface area contributed by atoms with Gasteiger partial charge >= 0.3 is 0 Å². The number of thioether (sulfide) groups is 1. The minimum absolute atomic E-state index is 0.238. The van der Waals surface area contributed by atoms with Crippen molar-refractivity contribution in [3.8, 4) is 11.5 Å². The van der Waals surface area contributed by atoms with Gasteiger partial charge in [0.1, 0.15) is 13.2 Å². The normalized spacial score (nSPS) is 24.7. The van der Waals surface area contributed by atoms with E-state index in [0.717, 1.165) is 32.0 Å². The van der Waals surface area contributed by atoms with Crippen LogP contribution in [-0.2, 0) is 10.0 Å². The lowest BCUT2D eigenvalue weighted by Gasteiger charge is -2.35. The number of fused-ring (bicyclic) bond motifs is 1. The fourth-order valence-electron chi connectivity index (χ4n) is 3.83. The predicted octanol–water partition coefficient (Wildman–Crippen LogP) is 1.95. The number of hydrogen-bond donors (Lipinski definition) is 1. The van der Waals surface area contributed by atoms with E-state index in [1.54, 1.807) is 18.2 Å². The summed E-state index contributed by atoms with van der Waals surface area (Å²) in [7, 11) is -3.52. The Morgan fingerprint density at radius 2 is 1.88 bits per heavy atom. The van der Waals surface area contributed by atoms with Crippen LogP contribution in [0.2, 0.25) is 0 Å². The second-order valence-electron chi connectivity index (χ2n) is 7.15. The van der Waals surface area contributed by atoms with Crippen LogP contribution in [0.5, 0.6) is 11.5 Å². The van der Waals surface area contributed by atoms with Gasteiger partial charge in [0.05, 0.1) is 4.90 Å². The summed E-state index contributed by atoms with van der Waals surface area (Å²) in [5, 5.41) is 0. The summed E-state index contributed by atoms with van der Waals surface area (Å²) in [5.41, 5.74) is 0. The van der Waals surface area contributed by atoms with E-state index in [4.69, 9.17) is 9.47 Å². The van der Waals surface area contributed by atoms with Crippen LogP contribution >= 0.6 is 11.8 Å². The molecule has 26 heavy (non-hydrogen) atoms. The maximum absolute atomic E-state index is 12.6. The molecule has 3 heterocycles. The van der Waals surface area contributed by atoms with Crippen molar-refractivity contribution in [3.63, 3.8) is 0 Å². The first-order valence-electron chi connectivity index (χ1n) is 9.33. The number of hydrogen-bond acceptors (Lipinski definition) is 6.